The Morgan fingerprint density at radius 3 is 2.40 bits per heavy atom. The first-order valence-corrected chi connectivity index (χ1v) is 6.62. The molecule has 78 valence electrons. The third-order valence-electron chi connectivity index (χ3n) is 2.49. The minimum Gasteiger partial charge on any atom is -0.477 e. The smallest absolute Gasteiger partial charge is 0.186 e. The molecule has 0 saturated carbocycles. The Labute approximate surface area is 106 Å². The van der Waals surface area contributed by atoms with Crippen molar-refractivity contribution in [3.05, 3.63) is 32.1 Å². The van der Waals surface area contributed by atoms with Gasteiger partial charge in [-0.3, -0.25) is 0 Å². The molecule has 4 heteroatoms. The maximum atomic E-state index is 5.93. The van der Waals surface area contributed by atoms with Crippen LogP contribution in [0, 0.1) is 9.81 Å². The fourth-order valence-corrected chi connectivity index (χ4v) is 3.86. The summed E-state index contributed by atoms with van der Waals surface area (Å²) >= 11 is 4.02. The molecular weight excluding hydrogens is 323 g/mol. The van der Waals surface area contributed by atoms with Crippen LogP contribution in [0.5, 0.6) is 11.5 Å². The number of hydrogen-bond acceptors (Lipinski definition) is 3. The van der Waals surface area contributed by atoms with Crippen LogP contribution in [0.25, 0.3) is 0 Å². The summed E-state index contributed by atoms with van der Waals surface area (Å²) in [5.41, 5.74) is 0. The van der Waals surface area contributed by atoms with Crippen molar-refractivity contribution in [2.24, 2.45) is 0 Å². The molecule has 1 aromatic heterocycles. The maximum absolute atomic E-state index is 5.93. The van der Waals surface area contributed by atoms with Gasteiger partial charge in [-0.05, 0) is 41.7 Å². The molecule has 0 aromatic carbocycles. The summed E-state index contributed by atoms with van der Waals surface area (Å²) in [6.07, 6.45) is 8.15. The van der Waals surface area contributed by atoms with Crippen molar-refractivity contribution in [1.29, 1.82) is 0 Å². The van der Waals surface area contributed by atoms with Gasteiger partial charge in [-0.25, -0.2) is 0 Å². The zero-order chi connectivity index (χ0) is 10.4. The quantitative estimate of drug-likeness (QED) is 0.679. The van der Waals surface area contributed by atoms with Crippen molar-refractivity contribution in [3.8, 4) is 11.5 Å². The Hall–Kier alpha value is -0.490. The molecule has 15 heavy (non-hydrogen) atoms. The van der Waals surface area contributed by atoms with E-state index in [1.165, 1.54) is 7.76 Å². The molecule has 0 radical (unpaired) electrons. The molecule has 0 fully saturated rings. The number of allylic oxidation sites excluding steroid dienone is 2. The van der Waals surface area contributed by atoms with Gasteiger partial charge in [0.25, 0.3) is 0 Å². The van der Waals surface area contributed by atoms with E-state index in [-0.39, 0.29) is 12.2 Å². The molecular formula is C11H9IO2S. The highest BCUT2D eigenvalue weighted by atomic mass is 127. The molecule has 0 saturated heterocycles. The van der Waals surface area contributed by atoms with Gasteiger partial charge < -0.3 is 9.47 Å². The molecule has 0 bridgehead atoms. The fourth-order valence-electron chi connectivity index (χ4n) is 1.76. The SMILES string of the molecule is Cc1sc(I)c2c1OC1C=CC=CC1O2. The standard InChI is InChI=1S/C11H9IO2S/c1-6-9-10(11(12)15-6)14-8-5-3-2-4-7(8)13-9/h2-5,7-8H,1H3. The van der Waals surface area contributed by atoms with Crippen molar-refractivity contribution in [2.45, 2.75) is 19.1 Å². The number of halogens is 1. The Kier molecular flexibility index (Phi) is 2.28. The third-order valence-corrected chi connectivity index (χ3v) is 4.50. The average molecular weight is 332 g/mol. The van der Waals surface area contributed by atoms with Gasteiger partial charge in [-0.15, -0.1) is 11.3 Å². The van der Waals surface area contributed by atoms with E-state index in [1.807, 2.05) is 24.3 Å². The predicted octanol–water partition coefficient (Wildman–Crippen LogP) is 3.30. The Morgan fingerprint density at radius 1 is 1.13 bits per heavy atom. The molecule has 1 aliphatic carbocycles. The Bertz CT molecular complexity index is 421. The highest BCUT2D eigenvalue weighted by Gasteiger charge is 2.32. The number of fused-ring (bicyclic) bond motifs is 2. The van der Waals surface area contributed by atoms with E-state index in [1.54, 1.807) is 11.3 Å². The molecule has 0 spiro atoms. The number of hydrogen-bond donors (Lipinski definition) is 0. The zero-order valence-electron chi connectivity index (χ0n) is 8.07. The fraction of sp³-hybridized carbons (Fsp3) is 0.273. The minimum atomic E-state index is 0.0324. The van der Waals surface area contributed by atoms with Crippen molar-refractivity contribution in [3.63, 3.8) is 0 Å². The first-order chi connectivity index (χ1) is 7.25. The maximum Gasteiger partial charge on any atom is 0.186 e. The summed E-state index contributed by atoms with van der Waals surface area (Å²) in [5.74, 6) is 1.84. The highest BCUT2D eigenvalue weighted by Crippen LogP contribution is 2.46. The van der Waals surface area contributed by atoms with Crippen LogP contribution < -0.4 is 9.47 Å². The molecule has 1 aliphatic heterocycles. The van der Waals surface area contributed by atoms with E-state index >= 15 is 0 Å². The third kappa shape index (κ3) is 1.50. The molecule has 2 aliphatic rings. The second kappa shape index (κ2) is 3.52. The van der Waals surface area contributed by atoms with Gasteiger partial charge in [0, 0.05) is 4.88 Å². The number of ether oxygens (including phenoxy) is 2. The number of thiophene rings is 1. The van der Waals surface area contributed by atoms with Crippen molar-refractivity contribution in [2.75, 3.05) is 0 Å². The largest absolute Gasteiger partial charge is 0.477 e. The molecule has 2 unspecified atom stereocenters. The molecule has 3 rings (SSSR count). The van der Waals surface area contributed by atoms with E-state index in [0.717, 1.165) is 11.5 Å². The van der Waals surface area contributed by atoms with Crippen LogP contribution in [-0.2, 0) is 0 Å². The zero-order valence-corrected chi connectivity index (χ0v) is 11.0. The predicted molar refractivity (Wildman–Crippen MR) is 68.9 cm³/mol. The molecule has 0 N–H and O–H groups in total. The topological polar surface area (TPSA) is 18.5 Å². The first-order valence-electron chi connectivity index (χ1n) is 4.73. The molecule has 1 aromatic rings. The van der Waals surface area contributed by atoms with E-state index in [4.69, 9.17) is 9.47 Å². The summed E-state index contributed by atoms with van der Waals surface area (Å²) in [6.45, 7) is 2.07. The lowest BCUT2D eigenvalue weighted by Gasteiger charge is -2.31. The minimum absolute atomic E-state index is 0.0324. The average Bonchev–Trinajstić information content (AvgIpc) is 2.52. The van der Waals surface area contributed by atoms with Crippen LogP contribution in [0.15, 0.2) is 24.3 Å². The van der Waals surface area contributed by atoms with E-state index in [9.17, 15) is 0 Å². The van der Waals surface area contributed by atoms with Crippen LogP contribution in [0.1, 0.15) is 4.88 Å². The monoisotopic (exact) mass is 332 g/mol. The second-order valence-corrected chi connectivity index (χ2v) is 6.56. The summed E-state index contributed by atoms with van der Waals surface area (Å²) < 4.78 is 13.0. The van der Waals surface area contributed by atoms with E-state index in [2.05, 4.69) is 29.5 Å². The van der Waals surface area contributed by atoms with E-state index < -0.39 is 0 Å². The highest BCUT2D eigenvalue weighted by molar-refractivity contribution is 14.1. The Balaban J connectivity index is 2.05. The lowest BCUT2D eigenvalue weighted by atomic mass is 10.1. The van der Waals surface area contributed by atoms with Gasteiger partial charge in [0.15, 0.2) is 23.7 Å². The summed E-state index contributed by atoms with van der Waals surface area (Å²) in [4.78, 5) is 1.19. The molecule has 0 amide bonds. The second-order valence-electron chi connectivity index (χ2n) is 3.52. The van der Waals surface area contributed by atoms with Gasteiger partial charge in [0.2, 0.25) is 0 Å². The van der Waals surface area contributed by atoms with Gasteiger partial charge in [0.1, 0.15) is 2.88 Å². The summed E-state index contributed by atoms with van der Waals surface area (Å²) in [5, 5.41) is 0. The van der Waals surface area contributed by atoms with Gasteiger partial charge in [-0.2, -0.15) is 0 Å². The number of rotatable bonds is 0. The van der Waals surface area contributed by atoms with Crippen LogP contribution in [-0.4, -0.2) is 12.2 Å². The van der Waals surface area contributed by atoms with Gasteiger partial charge in [0.05, 0.1) is 0 Å². The Morgan fingerprint density at radius 2 is 1.73 bits per heavy atom. The lowest BCUT2D eigenvalue weighted by molar-refractivity contribution is 0.0755. The van der Waals surface area contributed by atoms with Crippen LogP contribution >= 0.6 is 33.9 Å². The molecule has 2 nitrogen and oxygen atoms in total. The van der Waals surface area contributed by atoms with Crippen molar-refractivity contribution < 1.29 is 9.47 Å². The number of aryl methyl sites for hydroxylation is 1. The van der Waals surface area contributed by atoms with Crippen LogP contribution in [0.2, 0.25) is 0 Å². The lowest BCUT2D eigenvalue weighted by Crippen LogP contribution is -2.37. The van der Waals surface area contributed by atoms with Crippen LogP contribution in [0.3, 0.4) is 0 Å². The van der Waals surface area contributed by atoms with Crippen molar-refractivity contribution in [1.82, 2.24) is 0 Å². The van der Waals surface area contributed by atoms with Gasteiger partial charge in [-0.1, -0.05) is 12.2 Å². The summed E-state index contributed by atoms with van der Waals surface area (Å²) in [7, 11) is 0. The molecule has 2 atom stereocenters. The summed E-state index contributed by atoms with van der Waals surface area (Å²) in [6, 6.07) is 0. The van der Waals surface area contributed by atoms with Gasteiger partial charge >= 0.3 is 0 Å². The van der Waals surface area contributed by atoms with E-state index in [0.29, 0.717) is 0 Å². The van der Waals surface area contributed by atoms with Crippen molar-refractivity contribution >= 4 is 33.9 Å². The van der Waals surface area contributed by atoms with Crippen LogP contribution in [0.4, 0.5) is 0 Å². The normalized spacial score (nSPS) is 26.5. The molecule has 2 heterocycles. The first kappa shape index (κ1) is 9.72.